The van der Waals surface area contributed by atoms with Gasteiger partial charge >= 0.3 is 0 Å². The lowest BCUT2D eigenvalue weighted by Crippen LogP contribution is -2.43. The van der Waals surface area contributed by atoms with E-state index in [9.17, 15) is 9.59 Å². The van der Waals surface area contributed by atoms with Crippen LogP contribution in [0.2, 0.25) is 0 Å². The number of nitrogens with zero attached hydrogens (tertiary/aromatic N) is 2. The van der Waals surface area contributed by atoms with E-state index in [1.807, 2.05) is 48.5 Å². The van der Waals surface area contributed by atoms with Crippen molar-refractivity contribution in [3.05, 3.63) is 78.0 Å². The van der Waals surface area contributed by atoms with Gasteiger partial charge in [0, 0.05) is 19.3 Å². The van der Waals surface area contributed by atoms with E-state index in [2.05, 4.69) is 15.6 Å². The molecule has 2 amide bonds. The smallest absolute Gasteiger partial charge is 0.258 e. The number of aromatic nitrogens is 1. The van der Waals surface area contributed by atoms with Gasteiger partial charge in [0.2, 0.25) is 5.91 Å². The Hall–Kier alpha value is -4.11. The lowest BCUT2D eigenvalue weighted by atomic mass is 10.1. The van der Waals surface area contributed by atoms with Crippen LogP contribution >= 0.6 is 0 Å². The zero-order chi connectivity index (χ0) is 25.2. The normalized spacial score (nSPS) is 14.0. The van der Waals surface area contributed by atoms with Gasteiger partial charge in [-0.25, -0.2) is 4.98 Å². The van der Waals surface area contributed by atoms with Gasteiger partial charge in [0.15, 0.2) is 0 Å². The predicted octanol–water partition coefficient (Wildman–Crippen LogP) is 3.04. The summed E-state index contributed by atoms with van der Waals surface area (Å²) in [6.07, 6.45) is 2.26. The molecule has 9 heteroatoms. The van der Waals surface area contributed by atoms with Crippen LogP contribution in [-0.2, 0) is 16.0 Å². The third-order valence-corrected chi connectivity index (χ3v) is 5.66. The van der Waals surface area contributed by atoms with Gasteiger partial charge in [0.05, 0.1) is 38.1 Å². The molecule has 0 unspecified atom stereocenters. The van der Waals surface area contributed by atoms with E-state index >= 15 is 0 Å². The summed E-state index contributed by atoms with van der Waals surface area (Å²) in [5.74, 6) is 1.24. The van der Waals surface area contributed by atoms with E-state index in [-0.39, 0.29) is 31.5 Å². The maximum atomic E-state index is 13.5. The van der Waals surface area contributed by atoms with E-state index < -0.39 is 0 Å². The summed E-state index contributed by atoms with van der Waals surface area (Å²) < 4.78 is 16.8. The van der Waals surface area contributed by atoms with Crippen LogP contribution in [0.3, 0.4) is 0 Å². The number of hydrogen-bond acceptors (Lipinski definition) is 7. The number of nitrogens with one attached hydrogen (secondary N) is 2. The van der Waals surface area contributed by atoms with Gasteiger partial charge in [0.25, 0.3) is 5.91 Å². The fourth-order valence-corrected chi connectivity index (χ4v) is 3.81. The second-order valence-corrected chi connectivity index (χ2v) is 8.16. The van der Waals surface area contributed by atoms with Crippen molar-refractivity contribution < 1.29 is 23.8 Å². The van der Waals surface area contributed by atoms with Crippen molar-refractivity contribution in [2.75, 3.05) is 51.9 Å². The fraction of sp³-hybridized carbons (Fsp3) is 0.296. The number of fused-ring (bicyclic) bond motifs is 2. The lowest BCUT2D eigenvalue weighted by Gasteiger charge is -2.23. The molecular weight excluding hydrogens is 460 g/mol. The van der Waals surface area contributed by atoms with Crippen molar-refractivity contribution in [1.82, 2.24) is 15.2 Å². The number of amides is 2. The van der Waals surface area contributed by atoms with Crippen molar-refractivity contribution in [1.29, 1.82) is 0 Å². The third kappa shape index (κ3) is 6.73. The van der Waals surface area contributed by atoms with Gasteiger partial charge in [-0.05, 0) is 48.4 Å². The molecule has 36 heavy (non-hydrogen) atoms. The topological polar surface area (TPSA) is 102 Å². The van der Waals surface area contributed by atoms with Crippen molar-refractivity contribution in [2.24, 2.45) is 0 Å². The molecule has 0 saturated heterocycles. The summed E-state index contributed by atoms with van der Waals surface area (Å²) >= 11 is 0. The van der Waals surface area contributed by atoms with Crippen LogP contribution in [0.25, 0.3) is 0 Å². The molecule has 2 aromatic carbocycles. The molecule has 2 N–H and O–H groups in total. The summed E-state index contributed by atoms with van der Waals surface area (Å²) in [4.78, 5) is 32.1. The largest absolute Gasteiger partial charge is 0.497 e. The van der Waals surface area contributed by atoms with Gasteiger partial charge < -0.3 is 29.7 Å². The highest BCUT2D eigenvalue weighted by Gasteiger charge is 2.23. The first-order chi connectivity index (χ1) is 17.6. The number of rotatable bonds is 6. The Morgan fingerprint density at radius 2 is 2.00 bits per heavy atom. The van der Waals surface area contributed by atoms with Crippen molar-refractivity contribution in [3.8, 4) is 11.5 Å². The Morgan fingerprint density at radius 1 is 1.11 bits per heavy atom. The van der Waals surface area contributed by atoms with Crippen LogP contribution in [0.15, 0.2) is 66.9 Å². The molecule has 4 rings (SSSR count). The lowest BCUT2D eigenvalue weighted by molar-refractivity contribution is -0.121. The Balaban J connectivity index is 1.46. The molecule has 3 aromatic rings. The summed E-state index contributed by atoms with van der Waals surface area (Å²) in [6.45, 7) is 1.58. The summed E-state index contributed by atoms with van der Waals surface area (Å²) in [5.41, 5.74) is 2.09. The quantitative estimate of drug-likeness (QED) is 0.548. The zero-order valence-electron chi connectivity index (χ0n) is 20.2. The van der Waals surface area contributed by atoms with Crippen molar-refractivity contribution >= 4 is 23.3 Å². The molecule has 0 saturated carbocycles. The molecular formula is C27H30N4O5. The highest BCUT2D eigenvalue weighted by Crippen LogP contribution is 2.28. The highest BCUT2D eigenvalue weighted by atomic mass is 16.5. The Morgan fingerprint density at radius 3 is 2.89 bits per heavy atom. The number of ether oxygens (including phenoxy) is 3. The van der Waals surface area contributed by atoms with E-state index in [1.165, 1.54) is 4.90 Å². The number of methoxy groups -OCH3 is 1. The summed E-state index contributed by atoms with van der Waals surface area (Å²) in [5, 5.41) is 6.11. The van der Waals surface area contributed by atoms with E-state index in [1.54, 1.807) is 25.4 Å². The monoisotopic (exact) mass is 490 g/mol. The maximum absolute atomic E-state index is 13.5. The number of carbonyl (C=O) groups is 2. The minimum atomic E-state index is -0.310. The molecule has 0 spiro atoms. The maximum Gasteiger partial charge on any atom is 0.258 e. The number of hydrogen-bond donors (Lipinski definition) is 2. The van der Waals surface area contributed by atoms with Gasteiger partial charge in [0.1, 0.15) is 23.9 Å². The van der Waals surface area contributed by atoms with Crippen LogP contribution in [0.4, 0.5) is 11.5 Å². The van der Waals surface area contributed by atoms with Gasteiger partial charge in [-0.15, -0.1) is 0 Å². The average Bonchev–Trinajstić information content (AvgIpc) is 2.91. The van der Waals surface area contributed by atoms with E-state index in [4.69, 9.17) is 14.2 Å². The first-order valence-electron chi connectivity index (χ1n) is 11.8. The highest BCUT2D eigenvalue weighted by molar-refractivity contribution is 6.01. The Bertz CT molecular complexity index is 1190. The molecule has 188 valence electrons. The number of benzene rings is 2. The third-order valence-electron chi connectivity index (χ3n) is 5.66. The van der Waals surface area contributed by atoms with Crippen LogP contribution in [0.5, 0.6) is 11.5 Å². The minimum Gasteiger partial charge on any atom is -0.497 e. The molecule has 1 aliphatic rings. The SMILES string of the molecule is COc1cccc(CCNC(=O)CN2CCOCCOc3ccccc3Nc3ncccc3C2=O)c1. The minimum absolute atomic E-state index is 0.0955. The molecule has 0 aliphatic carbocycles. The van der Waals surface area contributed by atoms with E-state index in [0.717, 1.165) is 11.3 Å². The van der Waals surface area contributed by atoms with Gasteiger partial charge in [-0.1, -0.05) is 24.3 Å². The molecule has 0 fully saturated rings. The first-order valence-corrected chi connectivity index (χ1v) is 11.8. The molecule has 1 aromatic heterocycles. The number of pyridine rings is 1. The molecule has 0 bridgehead atoms. The number of carbonyl (C=O) groups excluding carboxylic acids is 2. The van der Waals surface area contributed by atoms with Crippen molar-refractivity contribution in [2.45, 2.75) is 6.42 Å². The molecule has 2 heterocycles. The first kappa shape index (κ1) is 25.0. The summed E-state index contributed by atoms with van der Waals surface area (Å²) in [7, 11) is 1.62. The molecule has 0 radical (unpaired) electrons. The molecule has 0 atom stereocenters. The zero-order valence-corrected chi connectivity index (χ0v) is 20.2. The fourth-order valence-electron chi connectivity index (χ4n) is 3.81. The number of anilines is 2. The predicted molar refractivity (Wildman–Crippen MR) is 136 cm³/mol. The van der Waals surface area contributed by atoms with Crippen molar-refractivity contribution in [3.63, 3.8) is 0 Å². The Kier molecular flexibility index (Phi) is 8.72. The molecule has 9 nitrogen and oxygen atoms in total. The second kappa shape index (κ2) is 12.6. The van der Waals surface area contributed by atoms with Crippen LogP contribution < -0.4 is 20.1 Å². The standard InChI is InChI=1S/C27H30N4O5/c1-34-21-7-4-6-20(18-21)11-13-28-25(32)19-31-14-15-35-16-17-36-24-10-3-2-9-23(24)30-26-22(27(31)33)8-5-12-29-26/h2-10,12,18H,11,13-17,19H2,1H3,(H,28,32)(H,29,30). The molecule has 1 aliphatic heterocycles. The number of para-hydroxylation sites is 2. The van der Waals surface area contributed by atoms with Gasteiger partial charge in [-0.3, -0.25) is 9.59 Å². The van der Waals surface area contributed by atoms with Crippen LogP contribution in [0, 0.1) is 0 Å². The Labute approximate surface area is 210 Å². The van der Waals surface area contributed by atoms with Crippen LogP contribution in [-0.4, -0.2) is 68.3 Å². The van der Waals surface area contributed by atoms with E-state index in [0.29, 0.717) is 49.0 Å². The average molecular weight is 491 g/mol. The summed E-state index contributed by atoms with van der Waals surface area (Å²) in [6, 6.07) is 18.5. The van der Waals surface area contributed by atoms with Gasteiger partial charge in [-0.2, -0.15) is 0 Å². The second-order valence-electron chi connectivity index (χ2n) is 8.16. The van der Waals surface area contributed by atoms with Crippen LogP contribution in [0.1, 0.15) is 15.9 Å².